The molecule has 1 unspecified atom stereocenters. The molecule has 0 fully saturated rings. The molecule has 112 valence electrons. The fourth-order valence-electron chi connectivity index (χ4n) is 2.58. The van der Waals surface area contributed by atoms with Gasteiger partial charge in [-0.2, -0.15) is 0 Å². The first-order valence-electron chi connectivity index (χ1n) is 7.48. The minimum atomic E-state index is 0.167. The highest BCUT2D eigenvalue weighted by molar-refractivity contribution is 7.12. The molecule has 0 aliphatic carbocycles. The molecule has 4 heteroatoms. The van der Waals surface area contributed by atoms with Crippen LogP contribution >= 0.6 is 11.3 Å². The molecular weight excluding hydrogens is 282 g/mol. The molecule has 3 rings (SSSR count). The Morgan fingerprint density at radius 3 is 2.81 bits per heavy atom. The number of thiophene rings is 1. The lowest BCUT2D eigenvalue weighted by Gasteiger charge is -2.25. The lowest BCUT2D eigenvalue weighted by atomic mass is 10.0. The van der Waals surface area contributed by atoms with E-state index in [1.807, 2.05) is 23.5 Å². The molecular formula is C17H21NO2S. The summed E-state index contributed by atoms with van der Waals surface area (Å²) in [4.78, 5) is 2.65. The molecule has 1 aromatic carbocycles. The van der Waals surface area contributed by atoms with Crippen LogP contribution in [0.3, 0.4) is 0 Å². The molecule has 1 atom stereocenters. The molecule has 0 saturated carbocycles. The maximum Gasteiger partial charge on any atom is 0.166 e. The van der Waals surface area contributed by atoms with E-state index in [1.54, 1.807) is 0 Å². The van der Waals surface area contributed by atoms with Crippen molar-refractivity contribution in [3.8, 4) is 11.5 Å². The van der Waals surface area contributed by atoms with E-state index < -0.39 is 0 Å². The maximum atomic E-state index is 5.88. The fourth-order valence-corrected chi connectivity index (χ4v) is 3.56. The van der Waals surface area contributed by atoms with Crippen LogP contribution < -0.4 is 14.8 Å². The summed E-state index contributed by atoms with van der Waals surface area (Å²) in [6.45, 7) is 6.55. The predicted octanol–water partition coefficient (Wildman–Crippen LogP) is 3.92. The molecule has 1 aliphatic rings. The largest absolute Gasteiger partial charge is 0.486 e. The molecule has 1 N–H and O–H groups in total. The van der Waals surface area contributed by atoms with Gasteiger partial charge in [0.2, 0.25) is 0 Å². The minimum absolute atomic E-state index is 0.167. The van der Waals surface area contributed by atoms with Crippen molar-refractivity contribution in [2.45, 2.75) is 26.3 Å². The molecule has 1 aliphatic heterocycles. The molecule has 0 spiro atoms. The molecule has 1 aromatic heterocycles. The molecule has 0 amide bonds. The topological polar surface area (TPSA) is 30.5 Å². The van der Waals surface area contributed by atoms with Crippen molar-refractivity contribution in [1.82, 2.24) is 5.32 Å². The Morgan fingerprint density at radius 2 is 2.05 bits per heavy atom. The van der Waals surface area contributed by atoms with E-state index in [2.05, 4.69) is 37.4 Å². The number of rotatable bonds is 5. The van der Waals surface area contributed by atoms with Crippen LogP contribution in [0.4, 0.5) is 0 Å². The summed E-state index contributed by atoms with van der Waals surface area (Å²) < 4.78 is 11.6. The van der Waals surface area contributed by atoms with Crippen LogP contribution in [0.25, 0.3) is 0 Å². The summed E-state index contributed by atoms with van der Waals surface area (Å²) in [7, 11) is 0. The second-order valence-electron chi connectivity index (χ2n) is 5.21. The number of para-hydroxylation sites is 1. The first-order valence-corrected chi connectivity index (χ1v) is 8.29. The minimum Gasteiger partial charge on any atom is -0.486 e. The van der Waals surface area contributed by atoms with Gasteiger partial charge in [-0.1, -0.05) is 19.1 Å². The maximum absolute atomic E-state index is 5.88. The smallest absolute Gasteiger partial charge is 0.166 e. The number of hydrogen-bond acceptors (Lipinski definition) is 4. The Bertz CT molecular complexity index is 609. The van der Waals surface area contributed by atoms with Crippen LogP contribution in [-0.4, -0.2) is 19.8 Å². The first-order chi connectivity index (χ1) is 10.3. The number of ether oxygens (including phenoxy) is 2. The zero-order valence-electron chi connectivity index (χ0n) is 12.5. The van der Waals surface area contributed by atoms with E-state index in [-0.39, 0.29) is 6.04 Å². The number of aryl methyl sites for hydroxylation is 1. The predicted molar refractivity (Wildman–Crippen MR) is 86.6 cm³/mol. The van der Waals surface area contributed by atoms with Gasteiger partial charge >= 0.3 is 0 Å². The van der Waals surface area contributed by atoms with Gasteiger partial charge in [-0.25, -0.2) is 0 Å². The summed E-state index contributed by atoms with van der Waals surface area (Å²) >= 11 is 1.83. The standard InChI is InChI=1S/C17H21NO2S/c1-3-9-18-16(15-8-7-12(2)21-15)13-5-4-6-14-17(13)20-11-10-19-14/h4-8,16,18H,3,9-11H2,1-2H3. The van der Waals surface area contributed by atoms with Gasteiger partial charge in [0.05, 0.1) is 6.04 Å². The molecule has 3 nitrogen and oxygen atoms in total. The quantitative estimate of drug-likeness (QED) is 0.908. The van der Waals surface area contributed by atoms with Crippen molar-refractivity contribution < 1.29 is 9.47 Å². The van der Waals surface area contributed by atoms with Crippen molar-refractivity contribution in [2.75, 3.05) is 19.8 Å². The number of benzene rings is 1. The molecule has 0 radical (unpaired) electrons. The zero-order valence-corrected chi connectivity index (χ0v) is 13.3. The third kappa shape index (κ3) is 3.06. The average molecular weight is 303 g/mol. The average Bonchev–Trinajstić information content (AvgIpc) is 2.94. The van der Waals surface area contributed by atoms with Gasteiger partial charge in [-0.15, -0.1) is 11.3 Å². The summed E-state index contributed by atoms with van der Waals surface area (Å²) in [5.74, 6) is 1.75. The lowest BCUT2D eigenvalue weighted by molar-refractivity contribution is 0.169. The van der Waals surface area contributed by atoms with E-state index in [4.69, 9.17) is 9.47 Å². The van der Waals surface area contributed by atoms with E-state index in [1.165, 1.54) is 15.3 Å². The van der Waals surface area contributed by atoms with Crippen LogP contribution in [0.15, 0.2) is 30.3 Å². The van der Waals surface area contributed by atoms with Crippen molar-refractivity contribution in [2.24, 2.45) is 0 Å². The van der Waals surface area contributed by atoms with Crippen LogP contribution in [-0.2, 0) is 0 Å². The van der Waals surface area contributed by atoms with E-state index in [0.717, 1.165) is 24.5 Å². The third-order valence-corrected chi connectivity index (χ3v) is 4.62. The van der Waals surface area contributed by atoms with Crippen LogP contribution in [0.2, 0.25) is 0 Å². The zero-order chi connectivity index (χ0) is 14.7. The Hall–Kier alpha value is -1.52. The molecule has 0 bridgehead atoms. The van der Waals surface area contributed by atoms with Gasteiger partial charge in [0.25, 0.3) is 0 Å². The number of nitrogens with one attached hydrogen (secondary N) is 1. The van der Waals surface area contributed by atoms with Gasteiger partial charge in [0, 0.05) is 15.3 Å². The fraction of sp³-hybridized carbons (Fsp3) is 0.412. The highest BCUT2D eigenvalue weighted by Crippen LogP contribution is 2.40. The summed E-state index contributed by atoms with van der Waals surface area (Å²) in [5, 5.41) is 3.64. The van der Waals surface area contributed by atoms with Crippen LogP contribution in [0.1, 0.15) is 34.7 Å². The van der Waals surface area contributed by atoms with Crippen LogP contribution in [0.5, 0.6) is 11.5 Å². The monoisotopic (exact) mass is 303 g/mol. The highest BCUT2D eigenvalue weighted by Gasteiger charge is 2.23. The first kappa shape index (κ1) is 14.4. The van der Waals surface area contributed by atoms with Crippen molar-refractivity contribution in [3.05, 3.63) is 45.6 Å². The molecule has 2 aromatic rings. The van der Waals surface area contributed by atoms with Crippen molar-refractivity contribution >= 4 is 11.3 Å². The van der Waals surface area contributed by atoms with Gasteiger partial charge in [0.15, 0.2) is 11.5 Å². The Labute approximate surface area is 129 Å². The Kier molecular flexibility index (Phi) is 4.46. The van der Waals surface area contributed by atoms with Gasteiger partial charge in [-0.05, 0) is 38.1 Å². The number of hydrogen-bond donors (Lipinski definition) is 1. The third-order valence-electron chi connectivity index (χ3n) is 3.55. The van der Waals surface area contributed by atoms with E-state index >= 15 is 0 Å². The van der Waals surface area contributed by atoms with E-state index in [9.17, 15) is 0 Å². The lowest BCUT2D eigenvalue weighted by Crippen LogP contribution is -2.25. The SMILES string of the molecule is CCCNC(c1ccc(C)s1)c1cccc2c1OCCO2. The van der Waals surface area contributed by atoms with Gasteiger partial charge in [0.1, 0.15) is 13.2 Å². The van der Waals surface area contributed by atoms with Crippen LogP contribution in [0, 0.1) is 6.92 Å². The van der Waals surface area contributed by atoms with E-state index in [0.29, 0.717) is 13.2 Å². The molecule has 2 heterocycles. The second-order valence-corrected chi connectivity index (χ2v) is 6.53. The Balaban J connectivity index is 2.00. The van der Waals surface area contributed by atoms with Crippen molar-refractivity contribution in [3.63, 3.8) is 0 Å². The summed E-state index contributed by atoms with van der Waals surface area (Å²) in [6.07, 6.45) is 1.10. The normalized spacial score (nSPS) is 15.0. The molecule has 0 saturated heterocycles. The highest BCUT2D eigenvalue weighted by atomic mass is 32.1. The summed E-state index contributed by atoms with van der Waals surface area (Å²) in [5.41, 5.74) is 1.17. The van der Waals surface area contributed by atoms with Gasteiger partial charge < -0.3 is 14.8 Å². The molecule has 21 heavy (non-hydrogen) atoms. The second kappa shape index (κ2) is 6.50. The number of fused-ring (bicyclic) bond motifs is 1. The van der Waals surface area contributed by atoms with Crippen molar-refractivity contribution in [1.29, 1.82) is 0 Å². The summed E-state index contributed by atoms with van der Waals surface area (Å²) in [6, 6.07) is 10.7. The van der Waals surface area contributed by atoms with Gasteiger partial charge in [-0.3, -0.25) is 0 Å². The Morgan fingerprint density at radius 1 is 1.19 bits per heavy atom.